The maximum atomic E-state index is 11.5. The van der Waals surface area contributed by atoms with Gasteiger partial charge in [0.15, 0.2) is 0 Å². The Labute approximate surface area is 133 Å². The molecule has 0 saturated heterocycles. The molecule has 7 heteroatoms. The van der Waals surface area contributed by atoms with E-state index in [1.165, 1.54) is 32.1 Å². The molecule has 0 bridgehead atoms. The zero-order valence-corrected chi connectivity index (χ0v) is 14.4. The number of carbonyl (C=O) groups is 1. The first-order chi connectivity index (χ1) is 10.5. The molecule has 0 aromatic carbocycles. The van der Waals surface area contributed by atoms with Crippen LogP contribution in [0.5, 0.6) is 0 Å². The van der Waals surface area contributed by atoms with Crippen LogP contribution in [-0.4, -0.2) is 30.7 Å². The quantitative estimate of drug-likeness (QED) is 0.211. The van der Waals surface area contributed by atoms with Crippen LogP contribution in [0.25, 0.3) is 0 Å². The average Bonchev–Trinajstić information content (AvgIpc) is 2.49. The second-order valence-electron chi connectivity index (χ2n) is 4.98. The molecule has 22 heavy (non-hydrogen) atoms. The Balaban J connectivity index is 3.45. The Bertz CT molecular complexity index is 345. The number of rotatable bonds is 15. The highest BCUT2D eigenvalue weighted by atomic mass is 31.2. The van der Waals surface area contributed by atoms with Crippen LogP contribution in [-0.2, 0) is 23.1 Å². The van der Waals surface area contributed by atoms with Gasteiger partial charge in [-0.25, -0.2) is 9.36 Å². The first-order valence-electron chi connectivity index (χ1n) is 7.93. The third-order valence-electron chi connectivity index (χ3n) is 3.00. The second kappa shape index (κ2) is 13.9. The van der Waals surface area contributed by atoms with Crippen LogP contribution in [0.15, 0.2) is 12.7 Å². The van der Waals surface area contributed by atoms with Crippen molar-refractivity contribution in [2.24, 2.45) is 0 Å². The van der Waals surface area contributed by atoms with Crippen LogP contribution >= 0.6 is 7.82 Å². The van der Waals surface area contributed by atoms with Crippen molar-refractivity contribution in [3.05, 3.63) is 12.7 Å². The Morgan fingerprint density at radius 2 is 1.55 bits per heavy atom. The van der Waals surface area contributed by atoms with Gasteiger partial charge in [-0.1, -0.05) is 58.4 Å². The number of unbranched alkanes of at least 4 members (excludes halogenated alkanes) is 7. The topological polar surface area (TPSA) is 82.1 Å². The lowest BCUT2D eigenvalue weighted by molar-refractivity contribution is -0.138. The fourth-order valence-electron chi connectivity index (χ4n) is 1.81. The van der Waals surface area contributed by atoms with Gasteiger partial charge in [0.2, 0.25) is 0 Å². The highest BCUT2D eigenvalue weighted by Gasteiger charge is 2.20. The van der Waals surface area contributed by atoms with Gasteiger partial charge in [-0.05, 0) is 6.42 Å². The molecule has 0 heterocycles. The molecule has 130 valence electrons. The van der Waals surface area contributed by atoms with E-state index in [2.05, 4.69) is 22.8 Å². The molecule has 0 amide bonds. The molecule has 0 aromatic rings. The van der Waals surface area contributed by atoms with Crippen molar-refractivity contribution in [2.75, 3.05) is 19.8 Å². The summed E-state index contributed by atoms with van der Waals surface area (Å²) in [5.74, 6) is -0.601. The fourth-order valence-corrected chi connectivity index (χ4v) is 2.55. The van der Waals surface area contributed by atoms with E-state index in [9.17, 15) is 14.3 Å². The fraction of sp³-hybridized carbons (Fsp3) is 0.800. The van der Waals surface area contributed by atoms with Crippen LogP contribution in [0.4, 0.5) is 0 Å². The smallest absolute Gasteiger partial charge is 0.460 e. The Hall–Kier alpha value is -0.680. The molecule has 1 unspecified atom stereocenters. The van der Waals surface area contributed by atoms with Crippen molar-refractivity contribution in [1.82, 2.24) is 0 Å². The van der Waals surface area contributed by atoms with Gasteiger partial charge in [0.25, 0.3) is 0 Å². The summed E-state index contributed by atoms with van der Waals surface area (Å²) < 4.78 is 25.6. The molecular formula is C15H29O6P. The highest BCUT2D eigenvalue weighted by molar-refractivity contribution is 7.47. The van der Waals surface area contributed by atoms with Crippen LogP contribution in [0.3, 0.4) is 0 Å². The number of phosphoric ester groups is 1. The molecule has 1 atom stereocenters. The molecule has 0 rings (SSSR count). The van der Waals surface area contributed by atoms with Crippen molar-refractivity contribution in [2.45, 2.75) is 58.3 Å². The van der Waals surface area contributed by atoms with Crippen molar-refractivity contribution in [1.29, 1.82) is 0 Å². The molecule has 0 saturated carbocycles. The molecule has 1 N–H and O–H groups in total. The summed E-state index contributed by atoms with van der Waals surface area (Å²) in [6.45, 7) is 5.31. The maximum Gasteiger partial charge on any atom is 0.472 e. The molecule has 0 aliphatic heterocycles. The monoisotopic (exact) mass is 336 g/mol. The number of esters is 1. The summed E-state index contributed by atoms with van der Waals surface area (Å²) in [5, 5.41) is 0. The third kappa shape index (κ3) is 14.3. The minimum Gasteiger partial charge on any atom is -0.460 e. The molecule has 0 fully saturated rings. The van der Waals surface area contributed by atoms with E-state index < -0.39 is 13.8 Å². The summed E-state index contributed by atoms with van der Waals surface area (Å²) in [7, 11) is -4.05. The van der Waals surface area contributed by atoms with Gasteiger partial charge in [-0.15, -0.1) is 0 Å². The van der Waals surface area contributed by atoms with Crippen LogP contribution < -0.4 is 0 Å². The summed E-state index contributed by atoms with van der Waals surface area (Å²) in [5.41, 5.74) is 0. The molecule has 0 aliphatic rings. The summed E-state index contributed by atoms with van der Waals surface area (Å²) >= 11 is 0. The molecule has 0 aliphatic carbocycles. The third-order valence-corrected chi connectivity index (χ3v) is 4.02. The highest BCUT2D eigenvalue weighted by Crippen LogP contribution is 2.43. The van der Waals surface area contributed by atoms with Gasteiger partial charge in [-0.3, -0.25) is 9.05 Å². The van der Waals surface area contributed by atoms with E-state index >= 15 is 0 Å². The van der Waals surface area contributed by atoms with Gasteiger partial charge in [-0.2, -0.15) is 0 Å². The Morgan fingerprint density at radius 1 is 1.00 bits per heavy atom. The first-order valence-corrected chi connectivity index (χ1v) is 9.42. The minimum atomic E-state index is -4.05. The lowest BCUT2D eigenvalue weighted by Crippen LogP contribution is -2.08. The van der Waals surface area contributed by atoms with E-state index in [1.807, 2.05) is 0 Å². The van der Waals surface area contributed by atoms with Crippen LogP contribution in [0, 0.1) is 0 Å². The standard InChI is InChI=1S/C15H29O6P/c1-3-5-6-7-8-9-10-11-12-20-22(17,18)21-14-13-19-15(16)4-2/h4H,2-3,5-14H2,1H3,(H,17,18). The molecule has 0 radical (unpaired) electrons. The average molecular weight is 336 g/mol. The van der Waals surface area contributed by atoms with E-state index in [0.29, 0.717) is 0 Å². The Morgan fingerprint density at radius 3 is 2.14 bits per heavy atom. The van der Waals surface area contributed by atoms with Gasteiger partial charge < -0.3 is 9.63 Å². The molecular weight excluding hydrogens is 307 g/mol. The van der Waals surface area contributed by atoms with Gasteiger partial charge in [0, 0.05) is 6.08 Å². The molecule has 0 aromatic heterocycles. The number of phosphoric acid groups is 1. The number of ether oxygens (including phenoxy) is 1. The van der Waals surface area contributed by atoms with Crippen molar-refractivity contribution in [3.8, 4) is 0 Å². The van der Waals surface area contributed by atoms with E-state index in [4.69, 9.17) is 4.52 Å². The van der Waals surface area contributed by atoms with Crippen molar-refractivity contribution < 1.29 is 28.0 Å². The zero-order valence-electron chi connectivity index (χ0n) is 13.5. The number of hydrogen-bond acceptors (Lipinski definition) is 5. The largest absolute Gasteiger partial charge is 0.472 e. The maximum absolute atomic E-state index is 11.5. The van der Waals surface area contributed by atoms with Crippen molar-refractivity contribution in [3.63, 3.8) is 0 Å². The Kier molecular flexibility index (Phi) is 13.5. The summed E-state index contributed by atoms with van der Waals surface area (Å²) in [6.07, 6.45) is 10.1. The van der Waals surface area contributed by atoms with Crippen LogP contribution in [0.2, 0.25) is 0 Å². The number of carbonyl (C=O) groups excluding carboxylic acids is 1. The predicted molar refractivity (Wildman–Crippen MR) is 85.5 cm³/mol. The van der Waals surface area contributed by atoms with Gasteiger partial charge >= 0.3 is 13.8 Å². The van der Waals surface area contributed by atoms with Gasteiger partial charge in [0.05, 0.1) is 13.2 Å². The van der Waals surface area contributed by atoms with E-state index in [0.717, 1.165) is 25.3 Å². The zero-order chi connectivity index (χ0) is 16.7. The first kappa shape index (κ1) is 21.3. The second-order valence-corrected chi connectivity index (χ2v) is 6.44. The molecule has 6 nitrogen and oxygen atoms in total. The van der Waals surface area contributed by atoms with E-state index in [1.54, 1.807) is 0 Å². The molecule has 0 spiro atoms. The predicted octanol–water partition coefficient (Wildman–Crippen LogP) is 3.99. The van der Waals surface area contributed by atoms with E-state index in [-0.39, 0.29) is 19.8 Å². The number of hydrogen-bond donors (Lipinski definition) is 1. The van der Waals surface area contributed by atoms with Crippen LogP contribution in [0.1, 0.15) is 58.3 Å². The van der Waals surface area contributed by atoms with Gasteiger partial charge in [0.1, 0.15) is 6.61 Å². The minimum absolute atomic E-state index is 0.115. The SMILES string of the molecule is C=CC(=O)OCCOP(=O)(O)OCCCCCCCCCC. The normalized spacial score (nSPS) is 13.5. The summed E-state index contributed by atoms with van der Waals surface area (Å²) in [4.78, 5) is 20.1. The lowest BCUT2D eigenvalue weighted by Gasteiger charge is -2.12. The lowest BCUT2D eigenvalue weighted by atomic mass is 10.1. The van der Waals surface area contributed by atoms with Crippen molar-refractivity contribution >= 4 is 13.8 Å². The summed E-state index contributed by atoms with van der Waals surface area (Å²) in [6, 6.07) is 0.